The van der Waals surface area contributed by atoms with Gasteiger partial charge in [-0.05, 0) is 27.7 Å². The van der Waals surface area contributed by atoms with Crippen molar-refractivity contribution in [1.82, 2.24) is 15.0 Å². The minimum Gasteiger partial charge on any atom is -0.369 e. The molecule has 0 bridgehead atoms. The Hall–Kier alpha value is -2.12. The summed E-state index contributed by atoms with van der Waals surface area (Å²) in [6.45, 7) is 9.37. The van der Waals surface area contributed by atoms with E-state index in [4.69, 9.17) is 11.5 Å². The Bertz CT molecular complexity index is 471. The Morgan fingerprint density at radius 3 is 2.35 bits per heavy atom. The van der Waals surface area contributed by atoms with Crippen LogP contribution in [0.5, 0.6) is 0 Å². The summed E-state index contributed by atoms with van der Waals surface area (Å²) in [5, 5.41) is 2.98. The molecule has 0 radical (unpaired) electrons. The Morgan fingerprint density at radius 1 is 1.25 bits per heavy atom. The second kappa shape index (κ2) is 6.36. The molecule has 0 saturated carbocycles. The predicted molar refractivity (Wildman–Crippen MR) is 79.3 cm³/mol. The molecular formula is C12H23N7O. The number of amides is 1. The maximum absolute atomic E-state index is 11.3. The standard InChI is InChI=1S/C12H23N7O/c1-5-19(6-2)11-17-9(14)16-10(18-11)15-7-12(3,4)8(13)20/h5-7H2,1-4H3,(H2,13,20)(H3,14,15,16,17,18). The Kier molecular flexibility index (Phi) is 5.06. The van der Waals surface area contributed by atoms with E-state index in [1.807, 2.05) is 18.7 Å². The molecule has 8 heteroatoms. The van der Waals surface area contributed by atoms with Gasteiger partial charge in [0.25, 0.3) is 0 Å². The molecule has 112 valence electrons. The van der Waals surface area contributed by atoms with Crippen molar-refractivity contribution in [1.29, 1.82) is 0 Å². The number of nitrogens with zero attached hydrogens (tertiary/aromatic N) is 4. The summed E-state index contributed by atoms with van der Waals surface area (Å²) in [6.07, 6.45) is 0. The summed E-state index contributed by atoms with van der Waals surface area (Å²) in [4.78, 5) is 25.7. The first kappa shape index (κ1) is 15.9. The van der Waals surface area contributed by atoms with Gasteiger partial charge in [0.05, 0.1) is 5.41 Å². The van der Waals surface area contributed by atoms with Crippen molar-refractivity contribution in [3.63, 3.8) is 0 Å². The van der Waals surface area contributed by atoms with Crippen LogP contribution in [0.2, 0.25) is 0 Å². The topological polar surface area (TPSA) is 123 Å². The number of hydrogen-bond acceptors (Lipinski definition) is 7. The van der Waals surface area contributed by atoms with E-state index in [1.54, 1.807) is 13.8 Å². The fourth-order valence-electron chi connectivity index (χ4n) is 1.49. The first-order chi connectivity index (χ1) is 9.30. The number of rotatable bonds is 7. The van der Waals surface area contributed by atoms with Gasteiger partial charge in [0.2, 0.25) is 23.8 Å². The van der Waals surface area contributed by atoms with E-state index in [0.29, 0.717) is 18.4 Å². The number of carbonyl (C=O) groups is 1. The Balaban J connectivity index is 2.89. The zero-order chi connectivity index (χ0) is 15.3. The number of primary amides is 1. The van der Waals surface area contributed by atoms with Crippen molar-refractivity contribution >= 4 is 23.8 Å². The number of nitrogens with two attached hydrogens (primary N) is 2. The SMILES string of the molecule is CCN(CC)c1nc(N)nc(NCC(C)(C)C(N)=O)n1. The van der Waals surface area contributed by atoms with E-state index in [-0.39, 0.29) is 5.95 Å². The number of nitrogen functional groups attached to an aromatic ring is 1. The molecule has 20 heavy (non-hydrogen) atoms. The third-order valence-corrected chi connectivity index (χ3v) is 3.04. The highest BCUT2D eigenvalue weighted by Crippen LogP contribution is 2.16. The number of anilines is 3. The van der Waals surface area contributed by atoms with Crippen LogP contribution in [0, 0.1) is 5.41 Å². The van der Waals surface area contributed by atoms with Gasteiger partial charge in [0.15, 0.2) is 0 Å². The van der Waals surface area contributed by atoms with Crippen molar-refractivity contribution in [2.75, 3.05) is 35.6 Å². The molecule has 0 aliphatic heterocycles. The molecule has 0 atom stereocenters. The quantitative estimate of drug-likeness (QED) is 0.653. The lowest BCUT2D eigenvalue weighted by atomic mass is 9.93. The molecule has 1 amide bonds. The molecule has 1 heterocycles. The highest BCUT2D eigenvalue weighted by atomic mass is 16.1. The van der Waals surface area contributed by atoms with E-state index in [9.17, 15) is 4.79 Å². The summed E-state index contributed by atoms with van der Waals surface area (Å²) in [5.74, 6) is 0.605. The van der Waals surface area contributed by atoms with E-state index >= 15 is 0 Å². The summed E-state index contributed by atoms with van der Waals surface area (Å²) in [7, 11) is 0. The molecule has 8 nitrogen and oxygen atoms in total. The van der Waals surface area contributed by atoms with Gasteiger partial charge in [0.1, 0.15) is 0 Å². The molecule has 0 unspecified atom stereocenters. The van der Waals surface area contributed by atoms with Crippen molar-refractivity contribution in [2.24, 2.45) is 11.1 Å². The fourth-order valence-corrected chi connectivity index (χ4v) is 1.49. The maximum atomic E-state index is 11.3. The van der Waals surface area contributed by atoms with Crippen LogP contribution < -0.4 is 21.7 Å². The molecule has 0 aliphatic rings. The smallest absolute Gasteiger partial charge is 0.231 e. The Labute approximate surface area is 119 Å². The van der Waals surface area contributed by atoms with Crippen LogP contribution in [-0.4, -0.2) is 40.5 Å². The number of aromatic nitrogens is 3. The summed E-state index contributed by atoms with van der Waals surface area (Å²) in [5.41, 5.74) is 10.3. The van der Waals surface area contributed by atoms with Crippen LogP contribution in [-0.2, 0) is 4.79 Å². The first-order valence-electron chi connectivity index (χ1n) is 6.60. The molecule has 1 aromatic heterocycles. The van der Waals surface area contributed by atoms with Gasteiger partial charge in [-0.25, -0.2) is 0 Å². The number of hydrogen-bond donors (Lipinski definition) is 3. The molecule has 1 rings (SSSR count). The molecule has 5 N–H and O–H groups in total. The summed E-state index contributed by atoms with van der Waals surface area (Å²) < 4.78 is 0. The average molecular weight is 281 g/mol. The second-order valence-corrected chi connectivity index (χ2v) is 5.09. The highest BCUT2D eigenvalue weighted by molar-refractivity contribution is 5.80. The molecule has 0 saturated heterocycles. The van der Waals surface area contributed by atoms with Crippen molar-refractivity contribution in [3.05, 3.63) is 0 Å². The normalized spacial score (nSPS) is 11.2. The van der Waals surface area contributed by atoms with Gasteiger partial charge in [-0.3, -0.25) is 4.79 Å². The second-order valence-electron chi connectivity index (χ2n) is 5.09. The summed E-state index contributed by atoms with van der Waals surface area (Å²) >= 11 is 0. The predicted octanol–water partition coefficient (Wildman–Crippen LogP) is 0.223. The van der Waals surface area contributed by atoms with E-state index < -0.39 is 11.3 Å². The van der Waals surface area contributed by atoms with Crippen LogP contribution in [0.25, 0.3) is 0 Å². The van der Waals surface area contributed by atoms with Gasteiger partial charge in [-0.1, -0.05) is 0 Å². The van der Waals surface area contributed by atoms with Crippen LogP contribution in [0.15, 0.2) is 0 Å². The Morgan fingerprint density at radius 2 is 1.85 bits per heavy atom. The van der Waals surface area contributed by atoms with Gasteiger partial charge < -0.3 is 21.7 Å². The van der Waals surface area contributed by atoms with Crippen LogP contribution in [0.3, 0.4) is 0 Å². The van der Waals surface area contributed by atoms with Crippen molar-refractivity contribution in [2.45, 2.75) is 27.7 Å². The monoisotopic (exact) mass is 281 g/mol. The lowest BCUT2D eigenvalue weighted by Crippen LogP contribution is -2.37. The molecule has 1 aromatic rings. The van der Waals surface area contributed by atoms with E-state index in [2.05, 4.69) is 20.3 Å². The van der Waals surface area contributed by atoms with E-state index in [1.165, 1.54) is 0 Å². The van der Waals surface area contributed by atoms with Crippen molar-refractivity contribution < 1.29 is 4.79 Å². The van der Waals surface area contributed by atoms with Crippen LogP contribution in [0.4, 0.5) is 17.8 Å². The van der Waals surface area contributed by atoms with Crippen molar-refractivity contribution in [3.8, 4) is 0 Å². The fraction of sp³-hybridized carbons (Fsp3) is 0.667. The highest BCUT2D eigenvalue weighted by Gasteiger charge is 2.25. The zero-order valence-electron chi connectivity index (χ0n) is 12.5. The lowest BCUT2D eigenvalue weighted by Gasteiger charge is -2.22. The minimum atomic E-state index is -0.698. The largest absolute Gasteiger partial charge is 0.369 e. The van der Waals surface area contributed by atoms with E-state index in [0.717, 1.165) is 13.1 Å². The minimum absolute atomic E-state index is 0.140. The van der Waals surface area contributed by atoms with Gasteiger partial charge in [-0.2, -0.15) is 15.0 Å². The van der Waals surface area contributed by atoms with Gasteiger partial charge in [0, 0.05) is 19.6 Å². The molecule has 0 spiro atoms. The van der Waals surface area contributed by atoms with Gasteiger partial charge >= 0.3 is 0 Å². The average Bonchev–Trinajstić information content (AvgIpc) is 2.37. The number of nitrogens with one attached hydrogen (secondary N) is 1. The summed E-state index contributed by atoms with van der Waals surface area (Å²) in [6, 6.07) is 0. The maximum Gasteiger partial charge on any atom is 0.231 e. The molecule has 0 aromatic carbocycles. The van der Waals surface area contributed by atoms with Crippen LogP contribution in [0.1, 0.15) is 27.7 Å². The third-order valence-electron chi connectivity index (χ3n) is 3.04. The third kappa shape index (κ3) is 3.94. The van der Waals surface area contributed by atoms with Gasteiger partial charge in [-0.15, -0.1) is 0 Å². The molecular weight excluding hydrogens is 258 g/mol. The molecule has 0 aliphatic carbocycles. The molecule has 0 fully saturated rings. The lowest BCUT2D eigenvalue weighted by molar-refractivity contribution is -0.125. The zero-order valence-corrected chi connectivity index (χ0v) is 12.5. The first-order valence-corrected chi connectivity index (χ1v) is 6.60. The number of carbonyl (C=O) groups excluding carboxylic acids is 1. The van der Waals surface area contributed by atoms with Crippen LogP contribution >= 0.6 is 0 Å².